The number of hydrogen-bond donors (Lipinski definition) is 1. The van der Waals surface area contributed by atoms with Crippen molar-refractivity contribution in [3.8, 4) is 11.5 Å². The molecule has 0 saturated carbocycles. The number of ether oxygens (including phenoxy) is 2. The monoisotopic (exact) mass is 278 g/mol. The molecule has 1 aliphatic rings. The lowest BCUT2D eigenvalue weighted by molar-refractivity contribution is 0.297. The predicted octanol–water partition coefficient (Wildman–Crippen LogP) is 3.05. The molecule has 3 rings (SSSR count). The Balaban J connectivity index is 1.79. The molecule has 0 fully saturated rings. The van der Waals surface area contributed by atoms with Gasteiger partial charge in [0.05, 0.1) is 24.8 Å². The van der Waals surface area contributed by atoms with Crippen molar-refractivity contribution in [3.05, 3.63) is 47.2 Å². The summed E-state index contributed by atoms with van der Waals surface area (Å²) >= 11 is 6.24. The van der Waals surface area contributed by atoms with Gasteiger partial charge in [-0.2, -0.15) is 0 Å². The summed E-state index contributed by atoms with van der Waals surface area (Å²) in [6.07, 6.45) is 4.78. The van der Waals surface area contributed by atoms with Crippen LogP contribution in [0.15, 0.2) is 36.7 Å². The molecule has 1 N–H and O–H groups in total. The molecule has 0 saturated heterocycles. The molecule has 0 bridgehead atoms. The van der Waals surface area contributed by atoms with Crippen molar-refractivity contribution in [3.63, 3.8) is 0 Å². The van der Waals surface area contributed by atoms with E-state index in [9.17, 15) is 0 Å². The Hall–Kier alpha value is -1.81. The minimum absolute atomic E-state index is 0.601. The molecule has 19 heavy (non-hydrogen) atoms. The number of nitrogens with zero attached hydrogens (tertiary/aromatic N) is 1. The van der Waals surface area contributed by atoms with Gasteiger partial charge in [-0.1, -0.05) is 11.6 Å². The van der Waals surface area contributed by atoms with Crippen LogP contribution in [0.25, 0.3) is 0 Å². The second kappa shape index (κ2) is 5.45. The van der Waals surface area contributed by atoms with E-state index in [0.29, 0.717) is 30.5 Å². The van der Waals surface area contributed by atoms with Gasteiger partial charge in [-0.25, -0.2) is 0 Å². The minimum atomic E-state index is 0.601. The van der Waals surface area contributed by atoms with Crippen molar-refractivity contribution in [1.82, 2.24) is 4.68 Å². The van der Waals surface area contributed by atoms with Crippen molar-refractivity contribution in [1.29, 1.82) is 0 Å². The molecule has 2 aromatic rings. The number of hydrogen-bond acceptors (Lipinski definition) is 3. The first kappa shape index (κ1) is 12.2. The van der Waals surface area contributed by atoms with E-state index in [1.165, 1.54) is 0 Å². The molecule has 0 atom stereocenters. The Morgan fingerprint density at radius 2 is 1.95 bits per heavy atom. The van der Waals surface area contributed by atoms with Crippen LogP contribution < -0.4 is 14.9 Å². The zero-order chi connectivity index (χ0) is 13.1. The van der Waals surface area contributed by atoms with Crippen LogP contribution in [0.3, 0.4) is 0 Å². The summed E-state index contributed by atoms with van der Waals surface area (Å²) in [5.74, 6) is 1.39. The molecule has 1 aromatic carbocycles. The molecule has 100 valence electrons. The second-order valence-electron chi connectivity index (χ2n) is 4.38. The Bertz CT molecular complexity index is 555. The number of benzene rings is 1. The number of nitrogens with one attached hydrogen (secondary N) is 1. The van der Waals surface area contributed by atoms with Gasteiger partial charge in [-0.05, 0) is 29.8 Å². The standard InChI is InChI=1S/C14H15ClN2O2/c15-12-8-11(10-16-17-4-1-2-5-17)9-13-14(12)19-7-3-6-18-13/h1-2,4-5,8-9,16H,3,6-7,10H2. The highest BCUT2D eigenvalue weighted by atomic mass is 35.5. The van der Waals surface area contributed by atoms with Crippen LogP contribution in [0.5, 0.6) is 11.5 Å². The number of aromatic nitrogens is 1. The van der Waals surface area contributed by atoms with Gasteiger partial charge in [0, 0.05) is 18.8 Å². The van der Waals surface area contributed by atoms with Gasteiger partial charge in [0.1, 0.15) is 0 Å². The molecule has 2 heterocycles. The van der Waals surface area contributed by atoms with Gasteiger partial charge in [0.25, 0.3) is 0 Å². The number of rotatable bonds is 3. The normalized spacial score (nSPS) is 13.9. The van der Waals surface area contributed by atoms with E-state index in [2.05, 4.69) is 5.43 Å². The van der Waals surface area contributed by atoms with E-state index < -0.39 is 0 Å². The Labute approximate surface area is 116 Å². The van der Waals surface area contributed by atoms with Gasteiger partial charge in [-0.15, -0.1) is 0 Å². The summed E-state index contributed by atoms with van der Waals surface area (Å²) in [5, 5.41) is 0.601. The van der Waals surface area contributed by atoms with Crippen molar-refractivity contribution >= 4 is 11.6 Å². The van der Waals surface area contributed by atoms with E-state index in [0.717, 1.165) is 17.7 Å². The van der Waals surface area contributed by atoms with Gasteiger partial charge in [0.2, 0.25) is 0 Å². The first-order valence-electron chi connectivity index (χ1n) is 6.28. The Morgan fingerprint density at radius 1 is 1.16 bits per heavy atom. The predicted molar refractivity (Wildman–Crippen MR) is 74.6 cm³/mol. The maximum absolute atomic E-state index is 6.24. The molecule has 0 amide bonds. The number of halogens is 1. The highest BCUT2D eigenvalue weighted by molar-refractivity contribution is 6.32. The largest absolute Gasteiger partial charge is 0.489 e. The molecule has 1 aromatic heterocycles. The average molecular weight is 279 g/mol. The summed E-state index contributed by atoms with van der Waals surface area (Å²) < 4.78 is 13.2. The topological polar surface area (TPSA) is 35.4 Å². The molecule has 0 aliphatic carbocycles. The van der Waals surface area contributed by atoms with Crippen LogP contribution in [0, 0.1) is 0 Å². The van der Waals surface area contributed by atoms with Crippen LogP contribution in [-0.2, 0) is 6.54 Å². The third-order valence-corrected chi connectivity index (χ3v) is 3.21. The fourth-order valence-corrected chi connectivity index (χ4v) is 2.30. The average Bonchev–Trinajstić information content (AvgIpc) is 2.81. The lowest BCUT2D eigenvalue weighted by atomic mass is 10.2. The smallest absolute Gasteiger partial charge is 0.179 e. The van der Waals surface area contributed by atoms with Gasteiger partial charge in [-0.3, -0.25) is 4.68 Å². The third kappa shape index (κ3) is 2.79. The van der Waals surface area contributed by atoms with E-state index in [1.807, 2.05) is 41.3 Å². The van der Waals surface area contributed by atoms with Crippen LogP contribution in [0.4, 0.5) is 0 Å². The van der Waals surface area contributed by atoms with Gasteiger partial charge >= 0.3 is 0 Å². The van der Waals surface area contributed by atoms with Gasteiger partial charge < -0.3 is 14.9 Å². The zero-order valence-corrected chi connectivity index (χ0v) is 11.2. The van der Waals surface area contributed by atoms with Gasteiger partial charge in [0.15, 0.2) is 11.5 Å². The second-order valence-corrected chi connectivity index (χ2v) is 4.79. The van der Waals surface area contributed by atoms with Crippen LogP contribution in [0.2, 0.25) is 5.02 Å². The summed E-state index contributed by atoms with van der Waals surface area (Å²) in [7, 11) is 0. The maximum Gasteiger partial charge on any atom is 0.179 e. The third-order valence-electron chi connectivity index (χ3n) is 2.93. The van der Waals surface area contributed by atoms with Crippen LogP contribution >= 0.6 is 11.6 Å². The lowest BCUT2D eigenvalue weighted by Gasteiger charge is -2.13. The molecule has 0 radical (unpaired) electrons. The quantitative estimate of drug-likeness (QED) is 0.937. The van der Waals surface area contributed by atoms with E-state index >= 15 is 0 Å². The molecule has 1 aliphatic heterocycles. The first-order chi connectivity index (χ1) is 9.33. The van der Waals surface area contributed by atoms with E-state index in [-0.39, 0.29) is 0 Å². The first-order valence-corrected chi connectivity index (χ1v) is 6.65. The van der Waals surface area contributed by atoms with E-state index in [4.69, 9.17) is 21.1 Å². The fourth-order valence-electron chi connectivity index (χ4n) is 2.01. The Morgan fingerprint density at radius 3 is 2.79 bits per heavy atom. The summed E-state index contributed by atoms with van der Waals surface area (Å²) in [6, 6.07) is 7.82. The lowest BCUT2D eigenvalue weighted by Crippen LogP contribution is -2.11. The van der Waals surface area contributed by atoms with Crippen molar-refractivity contribution in [2.24, 2.45) is 0 Å². The van der Waals surface area contributed by atoms with Crippen molar-refractivity contribution < 1.29 is 9.47 Å². The minimum Gasteiger partial charge on any atom is -0.489 e. The Kier molecular flexibility index (Phi) is 3.51. The molecular weight excluding hydrogens is 264 g/mol. The van der Waals surface area contributed by atoms with E-state index in [1.54, 1.807) is 0 Å². The highest BCUT2D eigenvalue weighted by Crippen LogP contribution is 2.37. The molecule has 0 unspecified atom stereocenters. The number of fused-ring (bicyclic) bond motifs is 1. The van der Waals surface area contributed by atoms with Crippen LogP contribution in [0.1, 0.15) is 12.0 Å². The SMILES string of the molecule is Clc1cc(CNn2cccc2)cc2c1OCCCO2. The summed E-state index contributed by atoms with van der Waals surface area (Å²) in [4.78, 5) is 0. The van der Waals surface area contributed by atoms with Crippen LogP contribution in [-0.4, -0.2) is 17.9 Å². The molecule has 4 nitrogen and oxygen atoms in total. The summed E-state index contributed by atoms with van der Waals surface area (Å²) in [5.41, 5.74) is 4.31. The highest BCUT2D eigenvalue weighted by Gasteiger charge is 2.15. The maximum atomic E-state index is 6.24. The summed E-state index contributed by atoms with van der Waals surface area (Å²) in [6.45, 7) is 1.98. The zero-order valence-electron chi connectivity index (χ0n) is 10.4. The van der Waals surface area contributed by atoms with Crippen molar-refractivity contribution in [2.75, 3.05) is 18.6 Å². The molecular formula is C14H15ClN2O2. The molecule has 0 spiro atoms. The fraction of sp³-hybridized carbons (Fsp3) is 0.286. The van der Waals surface area contributed by atoms with Crippen molar-refractivity contribution in [2.45, 2.75) is 13.0 Å². The molecule has 5 heteroatoms.